The Kier molecular flexibility index (Phi) is 11.5. The fourth-order valence-corrected chi connectivity index (χ4v) is 7.15. The van der Waals surface area contributed by atoms with Crippen LogP contribution in [0.3, 0.4) is 0 Å². The second kappa shape index (κ2) is 15.7. The lowest BCUT2D eigenvalue weighted by Crippen LogP contribution is -2.55. The van der Waals surface area contributed by atoms with Gasteiger partial charge in [-0.1, -0.05) is 32.3 Å². The quantitative estimate of drug-likeness (QED) is 0.271. The highest BCUT2D eigenvalue weighted by Gasteiger charge is 2.35. The molecule has 1 aromatic carbocycles. The summed E-state index contributed by atoms with van der Waals surface area (Å²) in [5, 5.41) is 11.5. The Labute approximate surface area is 279 Å². The molecule has 2 N–H and O–H groups in total. The van der Waals surface area contributed by atoms with E-state index in [4.69, 9.17) is 0 Å². The van der Waals surface area contributed by atoms with Gasteiger partial charge >= 0.3 is 0 Å². The van der Waals surface area contributed by atoms with Crippen molar-refractivity contribution >= 4 is 40.7 Å². The summed E-state index contributed by atoms with van der Waals surface area (Å²) in [6.45, 7) is 6.70. The summed E-state index contributed by atoms with van der Waals surface area (Å²) in [5.74, 6) is -3.07. The molecule has 252 valence electrons. The number of piperazine rings is 1. The van der Waals surface area contributed by atoms with E-state index in [2.05, 4.69) is 25.0 Å². The Morgan fingerprint density at radius 3 is 2.45 bits per heavy atom. The molecule has 47 heavy (non-hydrogen) atoms. The van der Waals surface area contributed by atoms with Gasteiger partial charge in [0, 0.05) is 62.6 Å². The van der Waals surface area contributed by atoms with Gasteiger partial charge < -0.3 is 20.4 Å². The van der Waals surface area contributed by atoms with Crippen LogP contribution in [0.4, 0.5) is 10.1 Å². The Morgan fingerprint density at radius 2 is 1.79 bits per heavy atom. The maximum atomic E-state index is 15.7. The third kappa shape index (κ3) is 8.31. The summed E-state index contributed by atoms with van der Waals surface area (Å²) in [5.41, 5.74) is 1.19. The number of carbonyl (C=O) groups is 4. The average Bonchev–Trinajstić information content (AvgIpc) is 3.80. The highest BCUT2D eigenvalue weighted by atomic mass is 32.1. The molecule has 3 amide bonds. The van der Waals surface area contributed by atoms with Crippen LogP contribution in [0.1, 0.15) is 84.8 Å². The number of anilines is 1. The van der Waals surface area contributed by atoms with E-state index in [1.54, 1.807) is 46.3 Å². The monoisotopic (exact) mass is 665 g/mol. The van der Waals surface area contributed by atoms with Crippen molar-refractivity contribution in [2.45, 2.75) is 70.9 Å². The number of hydrogen-bond donors (Lipinski definition) is 2. The van der Waals surface area contributed by atoms with Crippen molar-refractivity contribution in [3.63, 3.8) is 0 Å². The normalized spacial score (nSPS) is 17.9. The van der Waals surface area contributed by atoms with Crippen LogP contribution in [-0.2, 0) is 16.1 Å². The van der Waals surface area contributed by atoms with Gasteiger partial charge in [-0.25, -0.2) is 4.39 Å². The van der Waals surface area contributed by atoms with Crippen LogP contribution in [0.5, 0.6) is 0 Å². The van der Waals surface area contributed by atoms with Crippen molar-refractivity contribution in [3.8, 4) is 0 Å². The van der Waals surface area contributed by atoms with E-state index in [0.717, 1.165) is 43.6 Å². The van der Waals surface area contributed by atoms with Crippen LogP contribution in [-0.4, -0.2) is 86.7 Å². The lowest BCUT2D eigenvalue weighted by Gasteiger charge is -2.36. The largest absolute Gasteiger partial charge is 0.338 e. The number of halogens is 1. The minimum Gasteiger partial charge on any atom is -0.338 e. The predicted molar refractivity (Wildman–Crippen MR) is 178 cm³/mol. The molecule has 1 aliphatic heterocycles. The number of ketones is 1. The van der Waals surface area contributed by atoms with Crippen LogP contribution in [0.15, 0.2) is 41.9 Å². The molecule has 2 fully saturated rings. The molecule has 5 rings (SSSR count). The molecule has 11 nitrogen and oxygen atoms in total. The van der Waals surface area contributed by atoms with Crippen LogP contribution < -0.4 is 10.6 Å². The van der Waals surface area contributed by atoms with Gasteiger partial charge in [0.25, 0.3) is 5.91 Å². The van der Waals surface area contributed by atoms with E-state index in [9.17, 15) is 19.2 Å². The van der Waals surface area contributed by atoms with Crippen molar-refractivity contribution < 1.29 is 23.6 Å². The van der Waals surface area contributed by atoms with Crippen molar-refractivity contribution in [3.05, 3.63) is 64.7 Å². The molecule has 0 spiro atoms. The minimum atomic E-state index is -0.953. The first-order chi connectivity index (χ1) is 22.7. The number of benzene rings is 1. The molecular formula is C34H44FN7O4S. The van der Waals surface area contributed by atoms with Gasteiger partial charge in [-0.2, -0.15) is 9.47 Å². The van der Waals surface area contributed by atoms with Gasteiger partial charge in [-0.15, -0.1) is 0 Å². The van der Waals surface area contributed by atoms with E-state index >= 15 is 4.39 Å². The number of aryl methyl sites for hydroxylation is 1. The SMILES string of the molecule is CCn1nccc1C(=O)C[C@H](C(=O)Nc1ccc([C@H](C)[C@@H](NC(=O)c2ccsn2)C(=O)N2CCN(C)CC2)cc1F)C1CCCCC1. The zero-order valence-corrected chi connectivity index (χ0v) is 28.1. The van der Waals surface area contributed by atoms with Gasteiger partial charge in [-0.3, -0.25) is 23.9 Å². The number of nitrogens with one attached hydrogen (secondary N) is 2. The number of aromatic nitrogens is 3. The third-order valence-corrected chi connectivity index (χ3v) is 10.1. The van der Waals surface area contributed by atoms with Crippen LogP contribution in [0.25, 0.3) is 0 Å². The van der Waals surface area contributed by atoms with Crippen LogP contribution in [0, 0.1) is 17.7 Å². The molecule has 1 saturated carbocycles. The maximum absolute atomic E-state index is 15.7. The molecular weight excluding hydrogens is 621 g/mol. The fraction of sp³-hybridized carbons (Fsp3) is 0.529. The van der Waals surface area contributed by atoms with Gasteiger partial charge in [0.05, 0.1) is 5.69 Å². The smallest absolute Gasteiger partial charge is 0.271 e. The van der Waals surface area contributed by atoms with Gasteiger partial charge in [-0.05, 0) is 74.1 Å². The summed E-state index contributed by atoms with van der Waals surface area (Å²) in [6, 6.07) is 6.77. The zero-order chi connectivity index (χ0) is 33.5. The van der Waals surface area contributed by atoms with Crippen LogP contribution >= 0.6 is 11.5 Å². The summed E-state index contributed by atoms with van der Waals surface area (Å²) < 4.78 is 21.4. The maximum Gasteiger partial charge on any atom is 0.271 e. The number of amides is 3. The van der Waals surface area contributed by atoms with Crippen LogP contribution in [0.2, 0.25) is 0 Å². The fourth-order valence-electron chi connectivity index (χ4n) is 6.64. The molecule has 1 saturated heterocycles. The first-order valence-corrected chi connectivity index (χ1v) is 17.3. The molecule has 3 atom stereocenters. The molecule has 1 aliphatic carbocycles. The molecule has 0 radical (unpaired) electrons. The standard InChI is InChI=1S/C34H44FN7O4S/c1-4-42-29(12-14-36-42)30(43)21-25(23-8-6-5-7-9-23)32(44)37-27-11-10-24(20-26(27)35)22(2)31(38-33(45)28-13-19-47-39-28)34(46)41-17-15-40(3)16-18-41/h10-14,19-20,22-23,25,31H,4-9,15-18,21H2,1-3H3,(H,37,44)(H,38,45)/t22-,25-,31+/m0/s1. The molecule has 13 heteroatoms. The van der Waals surface area contributed by atoms with Gasteiger partial charge in [0.2, 0.25) is 11.8 Å². The third-order valence-electron chi connectivity index (χ3n) is 9.58. The topological polar surface area (TPSA) is 130 Å². The molecule has 3 heterocycles. The number of nitrogens with zero attached hydrogens (tertiary/aromatic N) is 5. The predicted octanol–water partition coefficient (Wildman–Crippen LogP) is 4.58. The van der Waals surface area contributed by atoms with Gasteiger partial charge in [0.1, 0.15) is 23.2 Å². The molecule has 0 bridgehead atoms. The van der Waals surface area contributed by atoms with Crippen molar-refractivity contribution in [1.82, 2.24) is 29.3 Å². The lowest BCUT2D eigenvalue weighted by atomic mass is 9.77. The average molecular weight is 666 g/mol. The molecule has 2 aromatic heterocycles. The summed E-state index contributed by atoms with van der Waals surface area (Å²) in [7, 11) is 1.99. The van der Waals surface area contributed by atoms with Gasteiger partial charge in [0.15, 0.2) is 5.78 Å². The highest BCUT2D eigenvalue weighted by Crippen LogP contribution is 2.34. The first-order valence-electron chi connectivity index (χ1n) is 16.5. The van der Waals surface area contributed by atoms with E-state index in [0.29, 0.717) is 44.0 Å². The van der Waals surface area contributed by atoms with E-state index in [1.165, 1.54) is 12.1 Å². The lowest BCUT2D eigenvalue weighted by molar-refractivity contribution is -0.135. The molecule has 2 aliphatic rings. The van der Waals surface area contributed by atoms with E-state index in [1.807, 2.05) is 14.0 Å². The van der Waals surface area contributed by atoms with E-state index in [-0.39, 0.29) is 41.3 Å². The van der Waals surface area contributed by atoms with E-state index < -0.39 is 29.6 Å². The summed E-state index contributed by atoms with van der Waals surface area (Å²) in [4.78, 5) is 57.6. The van der Waals surface area contributed by atoms with Crippen molar-refractivity contribution in [2.75, 3.05) is 38.5 Å². The zero-order valence-electron chi connectivity index (χ0n) is 27.3. The molecule has 3 aromatic rings. The second-order valence-electron chi connectivity index (χ2n) is 12.6. The Bertz CT molecular complexity index is 1550. The second-order valence-corrected chi connectivity index (χ2v) is 13.3. The highest BCUT2D eigenvalue weighted by molar-refractivity contribution is 7.03. The first kappa shape index (κ1) is 34.4. The number of hydrogen-bond acceptors (Lipinski definition) is 8. The number of Topliss-reactive ketones (excluding diaryl/α,β-unsaturated/α-hetero) is 1. The minimum absolute atomic E-state index is 0.00580. The van der Waals surface area contributed by atoms with Crippen molar-refractivity contribution in [2.24, 2.45) is 11.8 Å². The Hall–Kier alpha value is -3.97. The number of rotatable bonds is 12. The Morgan fingerprint density at radius 1 is 1.04 bits per heavy atom. The summed E-state index contributed by atoms with van der Waals surface area (Å²) >= 11 is 1.14. The number of carbonyl (C=O) groups excluding carboxylic acids is 4. The molecule has 0 unspecified atom stereocenters. The Balaban J connectivity index is 1.33. The number of likely N-dealkylation sites (N-methyl/N-ethyl adjacent to an activating group) is 1. The summed E-state index contributed by atoms with van der Waals surface area (Å²) in [6.07, 6.45) is 6.36. The van der Waals surface area contributed by atoms with Crippen molar-refractivity contribution in [1.29, 1.82) is 0 Å².